The zero-order chi connectivity index (χ0) is 16.4. The molecular formula is C14H16N4O5. The SMILES string of the molecule is O=C(O)C1CN(C(=O)CCn2nc3ccccn3c2=O)CCO1. The van der Waals surface area contributed by atoms with Gasteiger partial charge in [0.1, 0.15) is 0 Å². The Morgan fingerprint density at radius 3 is 2.96 bits per heavy atom. The Hall–Kier alpha value is -2.68. The number of amides is 1. The second-order valence-corrected chi connectivity index (χ2v) is 5.22. The summed E-state index contributed by atoms with van der Waals surface area (Å²) in [4.78, 5) is 36.7. The monoisotopic (exact) mass is 320 g/mol. The Morgan fingerprint density at radius 1 is 1.39 bits per heavy atom. The number of ether oxygens (including phenoxy) is 1. The van der Waals surface area contributed by atoms with Gasteiger partial charge in [0, 0.05) is 19.2 Å². The predicted octanol–water partition coefficient (Wildman–Crippen LogP) is -0.802. The van der Waals surface area contributed by atoms with Crippen LogP contribution < -0.4 is 5.69 Å². The molecule has 2 aromatic heterocycles. The van der Waals surface area contributed by atoms with Crippen molar-refractivity contribution in [2.45, 2.75) is 19.1 Å². The van der Waals surface area contributed by atoms with Crippen molar-refractivity contribution in [2.75, 3.05) is 19.7 Å². The average molecular weight is 320 g/mol. The quantitative estimate of drug-likeness (QED) is 0.790. The number of pyridine rings is 1. The molecule has 1 amide bonds. The van der Waals surface area contributed by atoms with Gasteiger partial charge in [-0.3, -0.25) is 9.20 Å². The zero-order valence-corrected chi connectivity index (χ0v) is 12.3. The number of nitrogens with zero attached hydrogens (tertiary/aromatic N) is 4. The molecule has 3 rings (SSSR count). The standard InChI is InChI=1S/C14H16N4O5/c19-12(16-7-8-23-10(9-16)13(20)21)4-6-18-14(22)17-5-2-1-3-11(17)15-18/h1-3,5,10H,4,6-9H2,(H,20,21). The highest BCUT2D eigenvalue weighted by atomic mass is 16.5. The molecule has 0 aliphatic carbocycles. The lowest BCUT2D eigenvalue weighted by Crippen LogP contribution is -2.48. The van der Waals surface area contributed by atoms with Crippen molar-refractivity contribution in [1.29, 1.82) is 0 Å². The van der Waals surface area contributed by atoms with E-state index in [0.717, 1.165) is 0 Å². The number of hydrogen-bond donors (Lipinski definition) is 1. The lowest BCUT2D eigenvalue weighted by atomic mass is 10.2. The first-order valence-corrected chi connectivity index (χ1v) is 7.22. The van der Waals surface area contributed by atoms with Gasteiger partial charge in [-0.1, -0.05) is 6.07 Å². The first-order chi connectivity index (χ1) is 11.1. The van der Waals surface area contributed by atoms with Gasteiger partial charge in [-0.25, -0.2) is 14.3 Å². The van der Waals surface area contributed by atoms with Gasteiger partial charge >= 0.3 is 11.7 Å². The van der Waals surface area contributed by atoms with Gasteiger partial charge in [0.25, 0.3) is 0 Å². The number of fused-ring (bicyclic) bond motifs is 1. The Bertz CT molecular complexity index is 796. The summed E-state index contributed by atoms with van der Waals surface area (Å²) in [7, 11) is 0. The summed E-state index contributed by atoms with van der Waals surface area (Å²) < 4.78 is 7.72. The van der Waals surface area contributed by atoms with E-state index < -0.39 is 12.1 Å². The van der Waals surface area contributed by atoms with Crippen LogP contribution in [0.5, 0.6) is 0 Å². The molecular weight excluding hydrogens is 304 g/mol. The Morgan fingerprint density at radius 2 is 2.22 bits per heavy atom. The highest BCUT2D eigenvalue weighted by molar-refractivity contribution is 5.78. The minimum Gasteiger partial charge on any atom is -0.479 e. The maximum absolute atomic E-state index is 12.2. The van der Waals surface area contributed by atoms with E-state index in [2.05, 4.69) is 5.10 Å². The lowest BCUT2D eigenvalue weighted by molar-refractivity contribution is -0.159. The first-order valence-electron chi connectivity index (χ1n) is 7.22. The molecule has 0 radical (unpaired) electrons. The van der Waals surface area contributed by atoms with Crippen molar-refractivity contribution in [1.82, 2.24) is 19.1 Å². The third-order valence-electron chi connectivity index (χ3n) is 3.72. The summed E-state index contributed by atoms with van der Waals surface area (Å²) in [6.45, 7) is 0.711. The molecule has 3 heterocycles. The topological polar surface area (TPSA) is 106 Å². The third-order valence-corrected chi connectivity index (χ3v) is 3.72. The van der Waals surface area contributed by atoms with Crippen LogP contribution in [0.2, 0.25) is 0 Å². The third kappa shape index (κ3) is 3.09. The molecule has 1 aliphatic rings. The number of carbonyl (C=O) groups is 2. The summed E-state index contributed by atoms with van der Waals surface area (Å²) in [5, 5.41) is 13.1. The minimum atomic E-state index is -1.08. The van der Waals surface area contributed by atoms with Crippen molar-refractivity contribution in [3.8, 4) is 0 Å². The fourth-order valence-electron chi connectivity index (χ4n) is 2.50. The van der Waals surface area contributed by atoms with E-state index in [1.54, 1.807) is 24.4 Å². The maximum atomic E-state index is 12.2. The van der Waals surface area contributed by atoms with Crippen molar-refractivity contribution < 1.29 is 19.4 Å². The highest BCUT2D eigenvalue weighted by Gasteiger charge is 2.28. The number of aryl methyl sites for hydroxylation is 1. The summed E-state index contributed by atoms with van der Waals surface area (Å²) >= 11 is 0. The van der Waals surface area contributed by atoms with Crippen LogP contribution in [-0.4, -0.2) is 61.9 Å². The molecule has 0 bridgehead atoms. The second-order valence-electron chi connectivity index (χ2n) is 5.22. The number of carboxylic acids is 1. The van der Waals surface area contributed by atoms with Gasteiger partial charge in [-0.05, 0) is 12.1 Å². The predicted molar refractivity (Wildman–Crippen MR) is 78.0 cm³/mol. The molecule has 0 spiro atoms. The van der Waals surface area contributed by atoms with E-state index in [-0.39, 0.29) is 37.7 Å². The van der Waals surface area contributed by atoms with Crippen LogP contribution in [0, 0.1) is 0 Å². The fourth-order valence-corrected chi connectivity index (χ4v) is 2.50. The number of hydrogen-bond acceptors (Lipinski definition) is 5. The largest absolute Gasteiger partial charge is 0.479 e. The smallest absolute Gasteiger partial charge is 0.350 e. The van der Waals surface area contributed by atoms with Crippen LogP contribution >= 0.6 is 0 Å². The highest BCUT2D eigenvalue weighted by Crippen LogP contribution is 2.07. The van der Waals surface area contributed by atoms with Crippen LogP contribution in [0.1, 0.15) is 6.42 Å². The van der Waals surface area contributed by atoms with E-state index >= 15 is 0 Å². The molecule has 23 heavy (non-hydrogen) atoms. The summed E-state index contributed by atoms with van der Waals surface area (Å²) in [5.74, 6) is -1.30. The molecule has 1 fully saturated rings. The van der Waals surface area contributed by atoms with Crippen molar-refractivity contribution in [3.63, 3.8) is 0 Å². The molecule has 2 aromatic rings. The van der Waals surface area contributed by atoms with Crippen LogP contribution in [0.4, 0.5) is 0 Å². The van der Waals surface area contributed by atoms with E-state index in [1.807, 2.05) is 0 Å². The van der Waals surface area contributed by atoms with Gasteiger partial charge in [0.15, 0.2) is 11.8 Å². The Kier molecular flexibility index (Phi) is 4.11. The van der Waals surface area contributed by atoms with E-state index in [9.17, 15) is 14.4 Å². The summed E-state index contributed by atoms with van der Waals surface area (Å²) in [6, 6.07) is 5.21. The number of aliphatic carboxylic acids is 1. The van der Waals surface area contributed by atoms with Gasteiger partial charge < -0.3 is 14.7 Å². The number of aromatic nitrogens is 3. The van der Waals surface area contributed by atoms with E-state index in [4.69, 9.17) is 9.84 Å². The van der Waals surface area contributed by atoms with Crippen LogP contribution in [0.15, 0.2) is 29.2 Å². The molecule has 0 aromatic carbocycles. The molecule has 0 saturated carbocycles. The van der Waals surface area contributed by atoms with E-state index in [0.29, 0.717) is 12.2 Å². The van der Waals surface area contributed by atoms with Crippen molar-refractivity contribution in [2.24, 2.45) is 0 Å². The Balaban J connectivity index is 1.65. The summed E-state index contributed by atoms with van der Waals surface area (Å²) in [6.07, 6.45) is 0.698. The van der Waals surface area contributed by atoms with Crippen molar-refractivity contribution in [3.05, 3.63) is 34.9 Å². The van der Waals surface area contributed by atoms with Gasteiger partial charge in [0.05, 0.1) is 19.7 Å². The molecule has 1 saturated heterocycles. The van der Waals surface area contributed by atoms with Gasteiger partial charge in [-0.15, -0.1) is 5.10 Å². The Labute approximate surface area is 130 Å². The molecule has 9 heteroatoms. The lowest BCUT2D eigenvalue weighted by Gasteiger charge is -2.30. The summed E-state index contributed by atoms with van der Waals surface area (Å²) in [5.41, 5.74) is 0.209. The van der Waals surface area contributed by atoms with Crippen LogP contribution in [-0.2, 0) is 20.9 Å². The molecule has 1 aliphatic heterocycles. The molecule has 1 unspecified atom stereocenters. The molecule has 9 nitrogen and oxygen atoms in total. The molecule has 1 atom stereocenters. The second kappa shape index (κ2) is 6.21. The zero-order valence-electron chi connectivity index (χ0n) is 12.3. The number of carboxylic acid groups (broad SMARTS) is 1. The van der Waals surface area contributed by atoms with Gasteiger partial charge in [-0.2, -0.15) is 0 Å². The number of rotatable bonds is 4. The van der Waals surface area contributed by atoms with Crippen LogP contribution in [0.3, 0.4) is 0 Å². The van der Waals surface area contributed by atoms with E-state index in [1.165, 1.54) is 14.0 Å². The number of carbonyl (C=O) groups excluding carboxylic acids is 1. The van der Waals surface area contributed by atoms with Gasteiger partial charge in [0.2, 0.25) is 5.91 Å². The normalized spacial score (nSPS) is 18.3. The molecule has 1 N–H and O–H groups in total. The fraction of sp³-hybridized carbons (Fsp3) is 0.429. The first kappa shape index (κ1) is 15.2. The average Bonchev–Trinajstić information content (AvgIpc) is 2.89. The van der Waals surface area contributed by atoms with Crippen molar-refractivity contribution >= 4 is 17.5 Å². The van der Waals surface area contributed by atoms with Crippen LogP contribution in [0.25, 0.3) is 5.65 Å². The minimum absolute atomic E-state index is 0.0221. The molecule has 122 valence electrons. The maximum Gasteiger partial charge on any atom is 0.350 e. The number of morpholine rings is 1.